The molecule has 0 radical (unpaired) electrons. The molecule has 0 saturated carbocycles. The Hall–Kier alpha value is -1.90. The highest BCUT2D eigenvalue weighted by molar-refractivity contribution is 5.94. The Balaban J connectivity index is 0.00000392. The summed E-state index contributed by atoms with van der Waals surface area (Å²) in [4.78, 5) is 38.9. The zero-order valence-corrected chi connectivity index (χ0v) is 18.4. The molecule has 1 aromatic rings. The van der Waals surface area contributed by atoms with Crippen molar-refractivity contribution in [2.45, 2.75) is 26.8 Å². The van der Waals surface area contributed by atoms with Crippen LogP contribution in [0.4, 0.5) is 10.1 Å². The molecule has 2 rings (SSSR count). The van der Waals surface area contributed by atoms with Gasteiger partial charge in [0.05, 0.1) is 18.3 Å². The summed E-state index contributed by atoms with van der Waals surface area (Å²) in [6.45, 7) is 6.79. The van der Waals surface area contributed by atoms with Crippen LogP contribution < -0.4 is 16.0 Å². The van der Waals surface area contributed by atoms with Crippen LogP contribution in [0.2, 0.25) is 0 Å². The van der Waals surface area contributed by atoms with E-state index >= 15 is 0 Å². The fourth-order valence-electron chi connectivity index (χ4n) is 2.87. The highest BCUT2D eigenvalue weighted by Gasteiger charge is 2.24. The van der Waals surface area contributed by atoms with Gasteiger partial charge in [-0.25, -0.2) is 4.39 Å². The van der Waals surface area contributed by atoms with E-state index in [1.807, 2.05) is 18.7 Å². The van der Waals surface area contributed by atoms with Crippen molar-refractivity contribution in [1.29, 1.82) is 0 Å². The van der Waals surface area contributed by atoms with E-state index in [4.69, 9.17) is 5.73 Å². The Morgan fingerprint density at radius 3 is 2.21 bits per heavy atom. The topological polar surface area (TPSA) is 95.7 Å². The lowest BCUT2D eigenvalue weighted by atomic mass is 10.1. The maximum Gasteiger partial charge on any atom is 0.242 e. The van der Waals surface area contributed by atoms with Gasteiger partial charge in [-0.3, -0.25) is 14.4 Å². The summed E-state index contributed by atoms with van der Waals surface area (Å²) in [6, 6.07) is 3.79. The number of carbonyl (C=O) groups is 3. The highest BCUT2D eigenvalue weighted by atomic mass is 35.5. The molecule has 7 nitrogen and oxygen atoms in total. The number of carbonyl (C=O) groups excluding carboxylic acids is 3. The van der Waals surface area contributed by atoms with E-state index in [0.29, 0.717) is 37.4 Å². The third-order valence-electron chi connectivity index (χ3n) is 4.76. The normalized spacial score (nSPS) is 14.6. The van der Waals surface area contributed by atoms with Gasteiger partial charge in [0.2, 0.25) is 11.8 Å². The molecule has 1 aromatic carbocycles. The minimum Gasteiger partial charge on any atom is -0.366 e. The van der Waals surface area contributed by atoms with Crippen LogP contribution >= 0.6 is 24.8 Å². The smallest absolute Gasteiger partial charge is 0.242 e. The molecule has 1 aliphatic rings. The van der Waals surface area contributed by atoms with E-state index in [1.54, 1.807) is 17.0 Å². The van der Waals surface area contributed by atoms with Crippen LogP contribution in [0.1, 0.15) is 31.1 Å². The lowest BCUT2D eigenvalue weighted by Crippen LogP contribution is -2.53. The van der Waals surface area contributed by atoms with Crippen LogP contribution in [0.25, 0.3) is 0 Å². The van der Waals surface area contributed by atoms with Gasteiger partial charge < -0.3 is 20.9 Å². The van der Waals surface area contributed by atoms with Crippen LogP contribution in [-0.2, 0) is 9.59 Å². The number of piperazine rings is 1. The molecule has 3 N–H and O–H groups in total. The minimum atomic E-state index is -0.643. The van der Waals surface area contributed by atoms with Gasteiger partial charge in [0, 0.05) is 31.7 Å². The number of hydrogen-bond donors (Lipinski definition) is 2. The fourth-order valence-corrected chi connectivity index (χ4v) is 2.87. The van der Waals surface area contributed by atoms with Crippen LogP contribution in [0.3, 0.4) is 0 Å². The molecular formula is C19H29Cl2FN4O3. The molecule has 1 saturated heterocycles. The van der Waals surface area contributed by atoms with Crippen molar-refractivity contribution in [3.05, 3.63) is 29.6 Å². The number of nitrogens with one attached hydrogen (secondary N) is 1. The van der Waals surface area contributed by atoms with Gasteiger partial charge in [0.1, 0.15) is 5.82 Å². The lowest BCUT2D eigenvalue weighted by Gasteiger charge is -2.36. The SMILES string of the molecule is CC(=O)c1ccc(N2CCN(C(=O)CNC(=O)[C@@H](N)C(C)C)CC2)c(F)c1.Cl.Cl. The molecule has 1 fully saturated rings. The minimum absolute atomic E-state index is 0. The second kappa shape index (κ2) is 11.9. The van der Waals surface area contributed by atoms with Crippen molar-refractivity contribution in [3.8, 4) is 0 Å². The first-order valence-electron chi connectivity index (χ1n) is 9.07. The van der Waals surface area contributed by atoms with Gasteiger partial charge in [-0.1, -0.05) is 13.8 Å². The zero-order valence-electron chi connectivity index (χ0n) is 16.8. The number of halogens is 3. The first kappa shape index (κ1) is 27.1. The average molecular weight is 451 g/mol. The number of Topliss-reactive ketones (excluding diaryl/α,β-unsaturated/α-hetero) is 1. The summed E-state index contributed by atoms with van der Waals surface area (Å²) in [6.07, 6.45) is 0. The van der Waals surface area contributed by atoms with Gasteiger partial charge in [-0.15, -0.1) is 24.8 Å². The lowest BCUT2D eigenvalue weighted by molar-refractivity contribution is -0.133. The van der Waals surface area contributed by atoms with E-state index in [2.05, 4.69) is 5.32 Å². The standard InChI is InChI=1S/C19H27FN4O3.2ClH/c1-12(2)18(21)19(27)22-11-17(26)24-8-6-23(7-9-24)16-5-4-14(13(3)25)10-15(16)20;;/h4-5,10,12,18H,6-9,11,21H2,1-3H3,(H,22,27);2*1H/t18-;;/m0../s1. The fraction of sp³-hybridized carbons (Fsp3) is 0.526. The molecule has 1 heterocycles. The molecular weight excluding hydrogens is 422 g/mol. The predicted molar refractivity (Wildman–Crippen MR) is 116 cm³/mol. The van der Waals surface area contributed by atoms with Crippen molar-refractivity contribution < 1.29 is 18.8 Å². The van der Waals surface area contributed by atoms with Crippen molar-refractivity contribution >= 4 is 48.1 Å². The van der Waals surface area contributed by atoms with Crippen LogP contribution in [-0.4, -0.2) is 61.3 Å². The molecule has 0 aliphatic carbocycles. The van der Waals surface area contributed by atoms with Gasteiger partial charge in [0.15, 0.2) is 5.78 Å². The number of anilines is 1. The number of ketones is 1. The van der Waals surface area contributed by atoms with Gasteiger partial charge >= 0.3 is 0 Å². The van der Waals surface area contributed by atoms with E-state index in [0.717, 1.165) is 0 Å². The molecule has 2 amide bonds. The molecule has 1 aliphatic heterocycles. The Bertz CT molecular complexity index is 725. The number of nitrogens with zero attached hydrogens (tertiary/aromatic N) is 2. The van der Waals surface area contributed by atoms with Crippen LogP contribution in [0.5, 0.6) is 0 Å². The number of rotatable bonds is 6. The Morgan fingerprint density at radius 2 is 1.72 bits per heavy atom. The summed E-state index contributed by atoms with van der Waals surface area (Å²) in [7, 11) is 0. The summed E-state index contributed by atoms with van der Waals surface area (Å²) < 4.78 is 14.3. The number of nitrogens with two attached hydrogens (primary N) is 1. The summed E-state index contributed by atoms with van der Waals surface area (Å²) >= 11 is 0. The van der Waals surface area contributed by atoms with Crippen molar-refractivity contribution in [1.82, 2.24) is 10.2 Å². The number of benzene rings is 1. The van der Waals surface area contributed by atoms with E-state index in [-0.39, 0.29) is 54.9 Å². The monoisotopic (exact) mass is 450 g/mol. The number of amides is 2. The van der Waals surface area contributed by atoms with Gasteiger partial charge in [0.25, 0.3) is 0 Å². The summed E-state index contributed by atoms with van der Waals surface area (Å²) in [5.41, 5.74) is 6.50. The molecule has 10 heteroatoms. The average Bonchev–Trinajstić information content (AvgIpc) is 2.65. The molecule has 164 valence electrons. The maximum absolute atomic E-state index is 14.3. The quantitative estimate of drug-likeness (QED) is 0.641. The largest absolute Gasteiger partial charge is 0.366 e. The van der Waals surface area contributed by atoms with Crippen molar-refractivity contribution in [3.63, 3.8) is 0 Å². The van der Waals surface area contributed by atoms with Crippen LogP contribution in [0, 0.1) is 11.7 Å². The van der Waals surface area contributed by atoms with Crippen molar-refractivity contribution in [2.24, 2.45) is 11.7 Å². The molecule has 0 spiro atoms. The second-order valence-corrected chi connectivity index (χ2v) is 7.08. The number of hydrogen-bond acceptors (Lipinski definition) is 5. The predicted octanol–water partition coefficient (Wildman–Crippen LogP) is 1.62. The molecule has 1 atom stereocenters. The maximum atomic E-state index is 14.3. The first-order valence-corrected chi connectivity index (χ1v) is 9.07. The third kappa shape index (κ3) is 7.13. The molecule has 0 bridgehead atoms. The Morgan fingerprint density at radius 1 is 1.14 bits per heavy atom. The summed E-state index contributed by atoms with van der Waals surface area (Å²) in [5.74, 6) is -1.17. The molecule has 0 unspecified atom stereocenters. The third-order valence-corrected chi connectivity index (χ3v) is 4.76. The van der Waals surface area contributed by atoms with Gasteiger partial charge in [-0.2, -0.15) is 0 Å². The summed E-state index contributed by atoms with van der Waals surface area (Å²) in [5, 5.41) is 2.57. The molecule has 29 heavy (non-hydrogen) atoms. The van der Waals surface area contributed by atoms with E-state index < -0.39 is 11.9 Å². The first-order chi connectivity index (χ1) is 12.7. The van der Waals surface area contributed by atoms with E-state index in [9.17, 15) is 18.8 Å². The van der Waals surface area contributed by atoms with Crippen LogP contribution in [0.15, 0.2) is 18.2 Å². The van der Waals surface area contributed by atoms with Crippen molar-refractivity contribution in [2.75, 3.05) is 37.6 Å². The van der Waals surface area contributed by atoms with Gasteiger partial charge in [-0.05, 0) is 31.0 Å². The molecule has 0 aromatic heterocycles. The second-order valence-electron chi connectivity index (χ2n) is 7.08. The Labute approximate surface area is 183 Å². The zero-order chi connectivity index (χ0) is 20.1. The van der Waals surface area contributed by atoms with E-state index in [1.165, 1.54) is 13.0 Å². The highest BCUT2D eigenvalue weighted by Crippen LogP contribution is 2.22. The Kier molecular flexibility index (Phi) is 11.2.